The van der Waals surface area contributed by atoms with E-state index in [1.54, 1.807) is 18.2 Å². The largest absolute Gasteiger partial charge is 0.508 e. The van der Waals surface area contributed by atoms with Gasteiger partial charge >= 0.3 is 0 Å². The predicted octanol–water partition coefficient (Wildman–Crippen LogP) is 4.15. The van der Waals surface area contributed by atoms with Gasteiger partial charge in [0.05, 0.1) is 12.2 Å². The molecular weight excluding hydrogens is 312 g/mol. The fourth-order valence-electron chi connectivity index (χ4n) is 2.74. The Balaban J connectivity index is 1.80. The fraction of sp³-hybridized carbons (Fsp3) is 0.143. The van der Waals surface area contributed by atoms with E-state index in [2.05, 4.69) is 17.2 Å². The molecule has 3 aromatic rings. The van der Waals surface area contributed by atoms with E-state index in [9.17, 15) is 9.90 Å². The minimum absolute atomic E-state index is 0.102. The van der Waals surface area contributed by atoms with Crippen molar-refractivity contribution in [2.45, 2.75) is 20.4 Å². The summed E-state index contributed by atoms with van der Waals surface area (Å²) in [6.07, 6.45) is 3.37. The van der Waals surface area contributed by atoms with Crippen LogP contribution in [0.4, 0.5) is 0 Å². The summed E-state index contributed by atoms with van der Waals surface area (Å²) in [5.41, 5.74) is 4.60. The van der Waals surface area contributed by atoms with Crippen molar-refractivity contribution in [2.75, 3.05) is 0 Å². The second-order valence-electron chi connectivity index (χ2n) is 5.97. The van der Waals surface area contributed by atoms with Gasteiger partial charge in [0.25, 0.3) is 0 Å². The number of allylic oxidation sites excluding steroid dienone is 1. The maximum absolute atomic E-state index is 12.3. The first-order valence-corrected chi connectivity index (χ1v) is 8.14. The fourth-order valence-corrected chi connectivity index (χ4v) is 2.74. The van der Waals surface area contributed by atoms with Crippen LogP contribution >= 0.6 is 0 Å². The van der Waals surface area contributed by atoms with E-state index in [-0.39, 0.29) is 11.5 Å². The van der Waals surface area contributed by atoms with Gasteiger partial charge in [0.1, 0.15) is 5.75 Å². The topological polar surface area (TPSA) is 55.1 Å². The molecule has 1 N–H and O–H groups in total. The van der Waals surface area contributed by atoms with Crippen LogP contribution in [0.5, 0.6) is 5.75 Å². The molecule has 4 nitrogen and oxygen atoms in total. The Hall–Kier alpha value is -3.14. The lowest BCUT2D eigenvalue weighted by Gasteiger charge is -2.04. The normalized spacial score (nSPS) is 11.1. The highest BCUT2D eigenvalue weighted by Gasteiger charge is 2.10. The zero-order chi connectivity index (χ0) is 17.8. The number of phenols is 1. The summed E-state index contributed by atoms with van der Waals surface area (Å²) in [4.78, 5) is 12.3. The van der Waals surface area contributed by atoms with Crippen LogP contribution in [0.2, 0.25) is 0 Å². The van der Waals surface area contributed by atoms with Crippen LogP contribution in [0.15, 0.2) is 60.7 Å². The minimum Gasteiger partial charge on any atom is -0.508 e. The summed E-state index contributed by atoms with van der Waals surface area (Å²) in [7, 11) is 0. The maximum Gasteiger partial charge on any atom is 0.185 e. The summed E-state index contributed by atoms with van der Waals surface area (Å²) < 4.78 is 1.95. The van der Waals surface area contributed by atoms with Gasteiger partial charge in [-0.25, -0.2) is 0 Å². The van der Waals surface area contributed by atoms with E-state index in [0.29, 0.717) is 12.1 Å². The average molecular weight is 332 g/mol. The summed E-state index contributed by atoms with van der Waals surface area (Å²) in [5, 5.41) is 13.9. The lowest BCUT2D eigenvalue weighted by atomic mass is 10.1. The van der Waals surface area contributed by atoms with Crippen molar-refractivity contribution >= 4 is 11.9 Å². The van der Waals surface area contributed by atoms with Crippen LogP contribution in [-0.4, -0.2) is 20.7 Å². The molecule has 0 unspecified atom stereocenters. The highest BCUT2D eigenvalue weighted by Crippen LogP contribution is 2.17. The molecule has 0 spiro atoms. The van der Waals surface area contributed by atoms with E-state index < -0.39 is 0 Å². The highest BCUT2D eigenvalue weighted by atomic mass is 16.3. The van der Waals surface area contributed by atoms with Gasteiger partial charge in [0.15, 0.2) is 5.78 Å². The molecule has 0 aliphatic heterocycles. The predicted molar refractivity (Wildman–Crippen MR) is 98.7 cm³/mol. The number of aromatic hydroxyl groups is 1. The van der Waals surface area contributed by atoms with Crippen molar-refractivity contribution < 1.29 is 9.90 Å². The third-order valence-electron chi connectivity index (χ3n) is 4.17. The Morgan fingerprint density at radius 2 is 1.76 bits per heavy atom. The summed E-state index contributed by atoms with van der Waals surface area (Å²) in [6.45, 7) is 4.65. The lowest BCUT2D eigenvalue weighted by Crippen LogP contribution is -2.03. The van der Waals surface area contributed by atoms with Gasteiger partial charge in [0.2, 0.25) is 0 Å². The SMILES string of the molecule is Cc1nn(Cc2ccccc2)c(C)c1/C=C/C(=O)c1ccc(O)cc1. The quantitative estimate of drug-likeness (QED) is 0.564. The Morgan fingerprint density at radius 1 is 1.08 bits per heavy atom. The molecule has 0 aliphatic rings. The van der Waals surface area contributed by atoms with Crippen molar-refractivity contribution in [3.05, 3.63) is 88.8 Å². The number of hydrogen-bond acceptors (Lipinski definition) is 3. The smallest absolute Gasteiger partial charge is 0.185 e. The molecule has 0 fully saturated rings. The number of hydrogen-bond donors (Lipinski definition) is 1. The number of benzene rings is 2. The number of rotatable bonds is 5. The van der Waals surface area contributed by atoms with Crippen molar-refractivity contribution in [2.24, 2.45) is 0 Å². The van der Waals surface area contributed by atoms with E-state index in [4.69, 9.17) is 0 Å². The van der Waals surface area contributed by atoms with Crippen LogP contribution in [0.3, 0.4) is 0 Å². The number of aromatic nitrogens is 2. The first-order chi connectivity index (χ1) is 12.0. The first kappa shape index (κ1) is 16.7. The highest BCUT2D eigenvalue weighted by molar-refractivity contribution is 6.06. The maximum atomic E-state index is 12.3. The first-order valence-electron chi connectivity index (χ1n) is 8.14. The molecule has 25 heavy (non-hydrogen) atoms. The molecular formula is C21H20N2O2. The van der Waals surface area contributed by atoms with Crippen LogP contribution in [0.25, 0.3) is 6.08 Å². The van der Waals surface area contributed by atoms with Crippen molar-refractivity contribution in [1.82, 2.24) is 9.78 Å². The van der Waals surface area contributed by atoms with E-state index in [1.165, 1.54) is 17.7 Å². The second-order valence-corrected chi connectivity index (χ2v) is 5.97. The van der Waals surface area contributed by atoms with Gasteiger partial charge in [-0.1, -0.05) is 30.3 Å². The number of carbonyl (C=O) groups excluding carboxylic acids is 1. The van der Waals surface area contributed by atoms with Gasteiger partial charge in [-0.2, -0.15) is 5.10 Å². The Morgan fingerprint density at radius 3 is 2.44 bits per heavy atom. The molecule has 126 valence electrons. The van der Waals surface area contributed by atoms with Crippen molar-refractivity contribution in [3.8, 4) is 5.75 Å². The molecule has 0 bridgehead atoms. The van der Waals surface area contributed by atoms with Gasteiger partial charge in [-0.3, -0.25) is 9.48 Å². The summed E-state index contributed by atoms with van der Waals surface area (Å²) >= 11 is 0. The summed E-state index contributed by atoms with van der Waals surface area (Å²) in [6, 6.07) is 16.4. The van der Waals surface area contributed by atoms with E-state index in [1.807, 2.05) is 42.8 Å². The van der Waals surface area contributed by atoms with Gasteiger partial charge in [0, 0.05) is 16.8 Å². The van der Waals surface area contributed by atoms with Crippen molar-refractivity contribution in [3.63, 3.8) is 0 Å². The lowest BCUT2D eigenvalue weighted by molar-refractivity contribution is 0.104. The second kappa shape index (κ2) is 7.18. The zero-order valence-corrected chi connectivity index (χ0v) is 14.3. The van der Waals surface area contributed by atoms with Gasteiger partial charge < -0.3 is 5.11 Å². The zero-order valence-electron chi connectivity index (χ0n) is 14.3. The Kier molecular flexibility index (Phi) is 4.80. The molecule has 4 heteroatoms. The number of carbonyl (C=O) groups is 1. The van der Waals surface area contributed by atoms with Crippen LogP contribution in [-0.2, 0) is 6.54 Å². The Bertz CT molecular complexity index is 907. The number of aryl methyl sites for hydroxylation is 1. The van der Waals surface area contributed by atoms with Gasteiger partial charge in [-0.05, 0) is 55.8 Å². The molecule has 0 amide bonds. The standard InChI is InChI=1S/C21H20N2O2/c1-15-20(12-13-21(25)18-8-10-19(24)11-9-18)16(2)23(22-15)14-17-6-4-3-5-7-17/h3-13,24H,14H2,1-2H3/b13-12+. The minimum atomic E-state index is -0.102. The van der Waals surface area contributed by atoms with E-state index >= 15 is 0 Å². The van der Waals surface area contributed by atoms with Crippen LogP contribution in [0, 0.1) is 13.8 Å². The molecule has 1 heterocycles. The van der Waals surface area contributed by atoms with Crippen LogP contribution in [0.1, 0.15) is 32.9 Å². The van der Waals surface area contributed by atoms with Crippen molar-refractivity contribution in [1.29, 1.82) is 0 Å². The van der Waals surface area contributed by atoms with Gasteiger partial charge in [-0.15, -0.1) is 0 Å². The molecule has 0 aliphatic carbocycles. The molecule has 1 aromatic heterocycles. The summed E-state index contributed by atoms with van der Waals surface area (Å²) in [5.74, 6) is 0.0454. The number of nitrogens with zero attached hydrogens (tertiary/aromatic N) is 2. The Labute approximate surface area is 147 Å². The molecule has 3 rings (SSSR count). The number of ketones is 1. The molecule has 0 saturated heterocycles. The molecule has 0 radical (unpaired) electrons. The number of phenolic OH excluding ortho intramolecular Hbond substituents is 1. The third-order valence-corrected chi connectivity index (χ3v) is 4.17. The van der Waals surface area contributed by atoms with E-state index in [0.717, 1.165) is 17.0 Å². The third kappa shape index (κ3) is 3.86. The monoisotopic (exact) mass is 332 g/mol. The molecule has 0 saturated carbocycles. The molecule has 0 atom stereocenters. The van der Waals surface area contributed by atoms with Crippen LogP contribution < -0.4 is 0 Å². The molecule has 2 aromatic carbocycles. The average Bonchev–Trinajstić information content (AvgIpc) is 2.88.